The van der Waals surface area contributed by atoms with Gasteiger partial charge in [-0.2, -0.15) is 0 Å². The van der Waals surface area contributed by atoms with Gasteiger partial charge in [-0.3, -0.25) is 0 Å². The molecule has 0 aromatic heterocycles. The normalized spacial score (nSPS) is 18.0. The van der Waals surface area contributed by atoms with Crippen molar-refractivity contribution in [1.82, 2.24) is 0 Å². The van der Waals surface area contributed by atoms with Crippen LogP contribution in [0.5, 0.6) is 0 Å². The molecule has 0 heterocycles. The first-order valence-corrected chi connectivity index (χ1v) is 2.36. The molecule has 0 aromatic rings. The molecule has 0 bridgehead atoms. The lowest BCUT2D eigenvalue weighted by molar-refractivity contribution is 1.16. The molecule has 0 aliphatic heterocycles. The summed E-state index contributed by atoms with van der Waals surface area (Å²) in [6.07, 6.45) is 4.92. The Morgan fingerprint density at radius 1 is 1.50 bits per heavy atom. The standard InChI is InChI=1S/C6H12/c1-3-5-6-4-2/h5-6H,3-4H2,1-2H3/b6-5-/i3D. The molecule has 0 aliphatic carbocycles. The summed E-state index contributed by atoms with van der Waals surface area (Å²) in [5, 5.41) is 0. The Kier molecular flexibility index (Phi) is 3.09. The predicted molar refractivity (Wildman–Crippen MR) is 29.7 cm³/mol. The summed E-state index contributed by atoms with van der Waals surface area (Å²) in [7, 11) is 0. The molecule has 1 atom stereocenters. The predicted octanol–water partition coefficient (Wildman–Crippen LogP) is 2.36. The van der Waals surface area contributed by atoms with Gasteiger partial charge in [-0.1, -0.05) is 26.0 Å². The van der Waals surface area contributed by atoms with E-state index in [1.165, 1.54) is 0 Å². The highest BCUT2D eigenvalue weighted by molar-refractivity contribution is 4.77. The second-order valence-electron chi connectivity index (χ2n) is 1.17. The summed E-state index contributed by atoms with van der Waals surface area (Å²) in [5.41, 5.74) is 0. The lowest BCUT2D eigenvalue weighted by Gasteiger charge is -1.72. The lowest BCUT2D eigenvalue weighted by Crippen LogP contribution is -1.51. The van der Waals surface area contributed by atoms with Gasteiger partial charge in [0.25, 0.3) is 0 Å². The van der Waals surface area contributed by atoms with E-state index in [4.69, 9.17) is 1.37 Å². The van der Waals surface area contributed by atoms with Crippen molar-refractivity contribution in [2.24, 2.45) is 0 Å². The highest BCUT2D eigenvalue weighted by atomic mass is 13.7. The summed E-state index contributed by atoms with van der Waals surface area (Å²) < 4.78 is 6.99. The first-order valence-electron chi connectivity index (χ1n) is 2.94. The van der Waals surface area contributed by atoms with Gasteiger partial charge in [0, 0.05) is 1.37 Å². The molecule has 0 heteroatoms. The fraction of sp³-hybridized carbons (Fsp3) is 0.667. The van der Waals surface area contributed by atoms with Crippen LogP contribution < -0.4 is 0 Å². The van der Waals surface area contributed by atoms with Crippen molar-refractivity contribution < 1.29 is 1.37 Å². The molecule has 0 saturated heterocycles. The van der Waals surface area contributed by atoms with Crippen LogP contribution in [0.1, 0.15) is 28.0 Å². The second-order valence-corrected chi connectivity index (χ2v) is 1.17. The summed E-state index contributed by atoms with van der Waals surface area (Å²) in [5.74, 6) is 0. The van der Waals surface area contributed by atoms with Crippen LogP contribution in [-0.2, 0) is 0 Å². The van der Waals surface area contributed by atoms with Crippen LogP contribution in [0.25, 0.3) is 0 Å². The maximum Gasteiger partial charge on any atom is 0.0307 e. The van der Waals surface area contributed by atoms with E-state index in [1.54, 1.807) is 0 Å². The lowest BCUT2D eigenvalue weighted by atomic mass is 10.4. The third-order valence-electron chi connectivity index (χ3n) is 0.564. The summed E-state index contributed by atoms with van der Waals surface area (Å²) in [6, 6.07) is 0. The van der Waals surface area contributed by atoms with Gasteiger partial charge in [-0.25, -0.2) is 0 Å². The van der Waals surface area contributed by atoms with Crippen molar-refractivity contribution >= 4 is 0 Å². The molecular weight excluding hydrogens is 72.1 g/mol. The molecule has 0 fully saturated rings. The minimum atomic E-state index is -0.0278. The van der Waals surface area contributed by atoms with E-state index in [0.29, 0.717) is 0 Å². The van der Waals surface area contributed by atoms with Crippen LogP contribution in [0.15, 0.2) is 12.2 Å². The summed E-state index contributed by atoms with van der Waals surface area (Å²) in [4.78, 5) is 0. The van der Waals surface area contributed by atoms with Crippen molar-refractivity contribution in [1.29, 1.82) is 0 Å². The van der Waals surface area contributed by atoms with Gasteiger partial charge in [0.05, 0.1) is 0 Å². The fourth-order valence-corrected chi connectivity index (χ4v) is 0.272. The molecule has 0 N–H and O–H groups in total. The molecule has 0 aromatic carbocycles. The average Bonchev–Trinajstić information content (AvgIpc) is 1.61. The zero-order valence-corrected chi connectivity index (χ0v) is 4.44. The molecule has 0 spiro atoms. The topological polar surface area (TPSA) is 0 Å². The Hall–Kier alpha value is -0.260. The largest absolute Gasteiger partial charge is 0.0888 e. The number of hydrogen-bond acceptors (Lipinski definition) is 0. The van der Waals surface area contributed by atoms with Gasteiger partial charge >= 0.3 is 0 Å². The van der Waals surface area contributed by atoms with E-state index in [1.807, 2.05) is 19.1 Å². The molecule has 0 rings (SSSR count). The van der Waals surface area contributed by atoms with Gasteiger partial charge in [-0.15, -0.1) is 0 Å². The maximum atomic E-state index is 6.99. The molecule has 0 nitrogen and oxygen atoms in total. The number of rotatable bonds is 2. The Morgan fingerprint density at radius 3 is 2.33 bits per heavy atom. The van der Waals surface area contributed by atoms with Crippen LogP contribution in [0.3, 0.4) is 0 Å². The Balaban J connectivity index is 3.08. The van der Waals surface area contributed by atoms with Gasteiger partial charge in [0.15, 0.2) is 0 Å². The van der Waals surface area contributed by atoms with Crippen molar-refractivity contribution in [3.05, 3.63) is 12.2 Å². The molecule has 0 saturated carbocycles. The smallest absolute Gasteiger partial charge is 0.0307 e. The SMILES string of the molecule is [2H]C(C)/C=C\CC. The summed E-state index contributed by atoms with van der Waals surface area (Å²) >= 11 is 0. The third-order valence-corrected chi connectivity index (χ3v) is 0.564. The molecular formula is C6H12. The number of hydrogen-bond donors (Lipinski definition) is 0. The minimum Gasteiger partial charge on any atom is -0.0888 e. The molecule has 1 unspecified atom stereocenters. The van der Waals surface area contributed by atoms with Crippen molar-refractivity contribution in [2.75, 3.05) is 0 Å². The Labute approximate surface area is 41.3 Å². The highest BCUT2D eigenvalue weighted by Gasteiger charge is 1.60. The quantitative estimate of drug-likeness (QED) is 0.451. The molecule has 0 amide bonds. The van der Waals surface area contributed by atoms with Gasteiger partial charge in [0.1, 0.15) is 0 Å². The summed E-state index contributed by atoms with van der Waals surface area (Å²) in [6.45, 7) is 3.92. The number of allylic oxidation sites excluding steroid dienone is 2. The van der Waals surface area contributed by atoms with E-state index in [-0.39, 0.29) is 6.40 Å². The maximum absolute atomic E-state index is 6.99. The van der Waals surface area contributed by atoms with Crippen molar-refractivity contribution in [3.8, 4) is 0 Å². The highest BCUT2D eigenvalue weighted by Crippen LogP contribution is 1.81. The van der Waals surface area contributed by atoms with Crippen LogP contribution in [-0.4, -0.2) is 0 Å². The van der Waals surface area contributed by atoms with E-state index >= 15 is 0 Å². The average molecular weight is 85.2 g/mol. The molecule has 0 aliphatic rings. The third kappa shape index (κ3) is 3.74. The van der Waals surface area contributed by atoms with Crippen molar-refractivity contribution in [2.45, 2.75) is 26.7 Å². The van der Waals surface area contributed by atoms with Crippen LogP contribution >= 0.6 is 0 Å². The van der Waals surface area contributed by atoms with Crippen LogP contribution in [0.4, 0.5) is 0 Å². The second kappa shape index (κ2) is 4.74. The van der Waals surface area contributed by atoms with Gasteiger partial charge in [-0.05, 0) is 12.8 Å². The minimum absolute atomic E-state index is 0.0278. The Morgan fingerprint density at radius 2 is 2.17 bits per heavy atom. The van der Waals surface area contributed by atoms with Gasteiger partial charge in [0.2, 0.25) is 0 Å². The fourth-order valence-electron chi connectivity index (χ4n) is 0.272. The van der Waals surface area contributed by atoms with E-state index in [2.05, 4.69) is 6.92 Å². The van der Waals surface area contributed by atoms with E-state index in [0.717, 1.165) is 6.42 Å². The zero-order chi connectivity index (χ0) is 5.70. The first kappa shape index (κ1) is 3.91. The van der Waals surface area contributed by atoms with E-state index in [9.17, 15) is 0 Å². The van der Waals surface area contributed by atoms with Crippen LogP contribution in [0.2, 0.25) is 0 Å². The van der Waals surface area contributed by atoms with E-state index < -0.39 is 0 Å². The first-order chi connectivity index (χ1) is 3.27. The van der Waals surface area contributed by atoms with Crippen molar-refractivity contribution in [3.63, 3.8) is 0 Å². The molecule has 6 heavy (non-hydrogen) atoms. The van der Waals surface area contributed by atoms with Crippen LogP contribution in [0, 0.1) is 0 Å². The Bertz CT molecular complexity index is 55.2. The molecule has 0 radical (unpaired) electrons. The molecule has 36 valence electrons. The zero-order valence-electron chi connectivity index (χ0n) is 5.44. The van der Waals surface area contributed by atoms with Gasteiger partial charge < -0.3 is 0 Å². The monoisotopic (exact) mass is 85.1 g/mol.